The van der Waals surface area contributed by atoms with Crippen LogP contribution in [-0.2, 0) is 4.74 Å². The lowest BCUT2D eigenvalue weighted by Crippen LogP contribution is -2.38. The Labute approximate surface area is 201 Å². The van der Waals surface area contributed by atoms with Crippen molar-refractivity contribution < 1.29 is 22.7 Å². The Balaban J connectivity index is 1.57. The van der Waals surface area contributed by atoms with E-state index in [1.807, 2.05) is 28.7 Å². The Morgan fingerprint density at radius 1 is 1.11 bits per heavy atom. The molecule has 1 fully saturated rings. The second-order valence-electron chi connectivity index (χ2n) is 8.10. The predicted octanol–water partition coefficient (Wildman–Crippen LogP) is 2.78. The Bertz CT molecular complexity index is 1460. The average Bonchev–Trinajstić information content (AvgIpc) is 3.22. The number of pyridine rings is 2. The molecule has 1 saturated heterocycles. The topological polar surface area (TPSA) is 88.0 Å². The molecule has 5 rings (SSSR count). The van der Waals surface area contributed by atoms with Gasteiger partial charge in [-0.15, -0.1) is 11.3 Å². The molecule has 0 saturated carbocycles. The summed E-state index contributed by atoms with van der Waals surface area (Å²) in [6, 6.07) is 11.0. The number of amides is 1. The Morgan fingerprint density at radius 2 is 1.89 bits per heavy atom. The van der Waals surface area contributed by atoms with E-state index in [1.165, 1.54) is 11.3 Å². The second-order valence-corrected chi connectivity index (χ2v) is 9.13. The van der Waals surface area contributed by atoms with E-state index >= 15 is 0 Å². The third-order valence-electron chi connectivity index (χ3n) is 5.75. The Hall–Kier alpha value is -3.22. The summed E-state index contributed by atoms with van der Waals surface area (Å²) >= 11 is 1.30. The molecule has 0 spiro atoms. The molecule has 1 aromatic carbocycles. The first-order valence-electron chi connectivity index (χ1n) is 11.1. The number of anilines is 1. The number of fused-ring (bicyclic) bond motifs is 5. The number of halogens is 3. The number of rotatable bonds is 6. The van der Waals surface area contributed by atoms with E-state index in [-0.39, 0.29) is 18.7 Å². The second kappa shape index (κ2) is 9.44. The van der Waals surface area contributed by atoms with Crippen molar-refractivity contribution in [2.75, 3.05) is 50.8 Å². The predicted molar refractivity (Wildman–Crippen MR) is 129 cm³/mol. The minimum absolute atomic E-state index is 0.0459. The summed E-state index contributed by atoms with van der Waals surface area (Å²) in [5, 5.41) is 5.10. The summed E-state index contributed by atoms with van der Waals surface area (Å²) in [4.78, 5) is 33.9. The van der Waals surface area contributed by atoms with Crippen LogP contribution in [0.3, 0.4) is 0 Å². The molecule has 3 aromatic heterocycles. The quantitative estimate of drug-likeness (QED) is 0.392. The van der Waals surface area contributed by atoms with Gasteiger partial charge in [-0.05, 0) is 24.3 Å². The number of aromatic nitrogens is 2. The first kappa shape index (κ1) is 23.5. The van der Waals surface area contributed by atoms with Gasteiger partial charge >= 0.3 is 6.18 Å². The van der Waals surface area contributed by atoms with Gasteiger partial charge in [0.25, 0.3) is 5.91 Å². The number of thiazole rings is 1. The van der Waals surface area contributed by atoms with Crippen LogP contribution in [0.2, 0.25) is 0 Å². The summed E-state index contributed by atoms with van der Waals surface area (Å²) in [6.07, 6.45) is -4.34. The lowest BCUT2D eigenvalue weighted by atomic mass is 10.1. The van der Waals surface area contributed by atoms with E-state index in [2.05, 4.69) is 15.5 Å². The molecule has 0 unspecified atom stereocenters. The van der Waals surface area contributed by atoms with E-state index < -0.39 is 24.1 Å². The van der Waals surface area contributed by atoms with Gasteiger partial charge in [-0.1, -0.05) is 12.1 Å². The zero-order valence-electron chi connectivity index (χ0n) is 18.5. The van der Waals surface area contributed by atoms with Crippen LogP contribution in [-0.4, -0.2) is 67.4 Å². The van der Waals surface area contributed by atoms with Gasteiger partial charge in [0, 0.05) is 26.2 Å². The molecule has 12 heteroatoms. The average molecular weight is 506 g/mol. The minimum atomic E-state index is -4.34. The smallest absolute Gasteiger partial charge is 0.378 e. The summed E-state index contributed by atoms with van der Waals surface area (Å²) in [7, 11) is 0. The number of hydrogen-bond acceptors (Lipinski definition) is 7. The number of morpholine rings is 1. The number of nitrogens with zero attached hydrogens (tertiary/aromatic N) is 3. The van der Waals surface area contributed by atoms with Crippen molar-refractivity contribution in [3.8, 4) is 0 Å². The molecule has 1 aliphatic rings. The molecule has 0 aliphatic carbocycles. The van der Waals surface area contributed by atoms with Gasteiger partial charge in [-0.25, -0.2) is 4.98 Å². The Kier molecular flexibility index (Phi) is 6.34. The standard InChI is InChI=1S/C23H22F3N5O3S/c24-23(25,26)13-27-7-8-28-21(33)18-19(32)14-5-6-17(30-9-11-34-12-10-30)29-20(14)31-15-3-1-2-4-16(15)35-22(18)31/h1-6,27H,7-13H2,(H,28,33). The molecular weight excluding hydrogens is 483 g/mol. The number of carbonyl (C=O) groups excluding carboxylic acids is 1. The Morgan fingerprint density at radius 3 is 2.66 bits per heavy atom. The van der Waals surface area contributed by atoms with Crippen molar-refractivity contribution in [1.82, 2.24) is 20.0 Å². The molecule has 0 radical (unpaired) electrons. The van der Waals surface area contributed by atoms with Gasteiger partial charge in [0.1, 0.15) is 16.2 Å². The lowest BCUT2D eigenvalue weighted by Gasteiger charge is -2.27. The highest BCUT2D eigenvalue weighted by molar-refractivity contribution is 7.24. The van der Waals surface area contributed by atoms with Gasteiger partial charge in [-0.2, -0.15) is 13.2 Å². The SMILES string of the molecule is O=C(NCCNCC(F)(F)F)c1c(=O)c2ccc(N3CCOCC3)nc2n2c1sc1ccccc12. The molecular formula is C23H22F3N5O3S. The highest BCUT2D eigenvalue weighted by Crippen LogP contribution is 2.31. The molecule has 4 aromatic rings. The van der Waals surface area contributed by atoms with Gasteiger partial charge in [0.15, 0.2) is 5.65 Å². The van der Waals surface area contributed by atoms with Crippen molar-refractivity contribution in [2.45, 2.75) is 6.18 Å². The van der Waals surface area contributed by atoms with E-state index in [0.29, 0.717) is 42.2 Å². The molecule has 4 heterocycles. The first-order chi connectivity index (χ1) is 16.8. The molecule has 1 amide bonds. The van der Waals surface area contributed by atoms with Crippen LogP contribution in [0, 0.1) is 0 Å². The van der Waals surface area contributed by atoms with E-state index in [1.54, 1.807) is 12.1 Å². The number of nitrogens with one attached hydrogen (secondary N) is 2. The van der Waals surface area contributed by atoms with E-state index in [9.17, 15) is 22.8 Å². The van der Waals surface area contributed by atoms with Crippen LogP contribution >= 0.6 is 11.3 Å². The van der Waals surface area contributed by atoms with Gasteiger partial charge < -0.3 is 20.3 Å². The third-order valence-corrected chi connectivity index (χ3v) is 6.89. The summed E-state index contributed by atoms with van der Waals surface area (Å²) in [6.45, 7) is 1.26. The van der Waals surface area contributed by atoms with Crippen molar-refractivity contribution in [3.63, 3.8) is 0 Å². The molecule has 184 valence electrons. The fraction of sp³-hybridized carbons (Fsp3) is 0.348. The van der Waals surface area contributed by atoms with Crippen molar-refractivity contribution in [2.24, 2.45) is 0 Å². The fourth-order valence-electron chi connectivity index (χ4n) is 4.13. The molecule has 0 atom stereocenters. The zero-order valence-corrected chi connectivity index (χ0v) is 19.3. The number of ether oxygens (including phenoxy) is 1. The number of carbonyl (C=O) groups is 1. The molecule has 0 bridgehead atoms. The maximum atomic E-state index is 13.5. The van der Waals surface area contributed by atoms with Crippen LogP contribution in [0.4, 0.5) is 19.0 Å². The first-order valence-corrected chi connectivity index (χ1v) is 11.9. The normalized spacial score (nSPS) is 14.8. The summed E-state index contributed by atoms with van der Waals surface area (Å²) in [5.74, 6) is 0.0873. The molecule has 35 heavy (non-hydrogen) atoms. The monoisotopic (exact) mass is 505 g/mol. The van der Waals surface area contributed by atoms with Crippen LogP contribution in [0.25, 0.3) is 26.1 Å². The third kappa shape index (κ3) is 4.68. The van der Waals surface area contributed by atoms with Crippen LogP contribution in [0.1, 0.15) is 10.4 Å². The van der Waals surface area contributed by atoms with E-state index in [4.69, 9.17) is 9.72 Å². The number of hydrogen-bond donors (Lipinski definition) is 2. The fourth-order valence-corrected chi connectivity index (χ4v) is 5.31. The van der Waals surface area contributed by atoms with Crippen LogP contribution < -0.4 is 21.0 Å². The number of para-hydroxylation sites is 1. The van der Waals surface area contributed by atoms with Crippen LogP contribution in [0.15, 0.2) is 41.2 Å². The summed E-state index contributed by atoms with van der Waals surface area (Å²) < 4.78 is 45.1. The van der Waals surface area contributed by atoms with Gasteiger partial charge in [0.2, 0.25) is 5.43 Å². The van der Waals surface area contributed by atoms with E-state index in [0.717, 1.165) is 16.0 Å². The van der Waals surface area contributed by atoms with Gasteiger partial charge in [0.05, 0.1) is 35.4 Å². The van der Waals surface area contributed by atoms with Crippen molar-refractivity contribution in [3.05, 3.63) is 52.2 Å². The molecule has 2 N–H and O–H groups in total. The van der Waals surface area contributed by atoms with Crippen molar-refractivity contribution >= 4 is 49.1 Å². The van der Waals surface area contributed by atoms with Crippen molar-refractivity contribution in [1.29, 1.82) is 0 Å². The number of benzene rings is 1. The minimum Gasteiger partial charge on any atom is -0.378 e. The van der Waals surface area contributed by atoms with Crippen LogP contribution in [0.5, 0.6) is 0 Å². The maximum Gasteiger partial charge on any atom is 0.401 e. The largest absolute Gasteiger partial charge is 0.401 e. The number of alkyl halides is 3. The van der Waals surface area contributed by atoms with Gasteiger partial charge in [-0.3, -0.25) is 14.0 Å². The highest BCUT2D eigenvalue weighted by atomic mass is 32.1. The maximum absolute atomic E-state index is 13.5. The lowest BCUT2D eigenvalue weighted by molar-refractivity contribution is -0.124. The molecule has 8 nitrogen and oxygen atoms in total. The highest BCUT2D eigenvalue weighted by Gasteiger charge is 2.26. The zero-order chi connectivity index (χ0) is 24.6. The molecule has 1 aliphatic heterocycles. The summed E-state index contributed by atoms with van der Waals surface area (Å²) in [5.41, 5.74) is 0.753.